The van der Waals surface area contributed by atoms with Gasteiger partial charge < -0.3 is 44.5 Å². The van der Waals surface area contributed by atoms with Gasteiger partial charge in [0.2, 0.25) is 23.1 Å². The van der Waals surface area contributed by atoms with Crippen LogP contribution in [-0.2, 0) is 49.3 Å². The lowest BCUT2D eigenvalue weighted by molar-refractivity contribution is -0.374. The van der Waals surface area contributed by atoms with Gasteiger partial charge in [-0.1, -0.05) is 50.8 Å². The molecular weight excluding hydrogens is 560 g/mol. The van der Waals surface area contributed by atoms with Gasteiger partial charge >= 0.3 is 29.8 Å². The lowest BCUT2D eigenvalue weighted by Gasteiger charge is -2.48. The van der Waals surface area contributed by atoms with Crippen molar-refractivity contribution < 1.29 is 68.5 Å². The smallest absolute Gasteiger partial charge is 0.344 e. The van der Waals surface area contributed by atoms with Crippen molar-refractivity contribution in [1.29, 1.82) is 0 Å². The maximum Gasteiger partial charge on any atom is 0.344 e. The molecule has 14 nitrogen and oxygen atoms in total. The number of esters is 2. The van der Waals surface area contributed by atoms with Crippen molar-refractivity contribution in [2.24, 2.45) is 5.92 Å². The Bertz CT molecular complexity index is 1250. The number of rotatable bonds is 13. The molecule has 0 aliphatic carbocycles. The zero-order valence-corrected chi connectivity index (χ0v) is 23.2. The highest BCUT2D eigenvalue weighted by Gasteiger charge is 2.85. The molecule has 0 aromatic heterocycles. The molecule has 2 aliphatic heterocycles. The van der Waals surface area contributed by atoms with Gasteiger partial charge in [0, 0.05) is 25.7 Å². The molecule has 2 heterocycles. The van der Waals surface area contributed by atoms with Crippen LogP contribution in [0.1, 0.15) is 45.6 Å². The first-order chi connectivity index (χ1) is 19.6. The van der Waals surface area contributed by atoms with Crippen LogP contribution in [0.2, 0.25) is 0 Å². The van der Waals surface area contributed by atoms with Crippen molar-refractivity contribution in [1.82, 2.24) is 0 Å². The highest BCUT2D eigenvalue weighted by molar-refractivity contribution is 5.98. The van der Waals surface area contributed by atoms with Crippen molar-refractivity contribution in [3.05, 3.63) is 48.0 Å². The summed E-state index contributed by atoms with van der Waals surface area (Å²) >= 11 is 0. The molecule has 0 amide bonds. The number of carboxylic acid groups (broad SMARTS) is 3. The van der Waals surface area contributed by atoms with Crippen molar-refractivity contribution >= 4 is 29.8 Å². The molecule has 230 valence electrons. The van der Waals surface area contributed by atoms with E-state index in [2.05, 4.69) is 6.58 Å². The third kappa shape index (κ3) is 5.50. The van der Waals surface area contributed by atoms with E-state index in [1.807, 2.05) is 30.3 Å². The first-order valence-electron chi connectivity index (χ1n) is 13.1. The third-order valence-electron chi connectivity index (χ3n) is 7.56. The lowest BCUT2D eigenvalue weighted by Crippen LogP contribution is -2.78. The number of ether oxygens (including phenoxy) is 4. The minimum atomic E-state index is -3.86. The SMILES string of the molecule is C=C(CC[C@@]12O[C@H](C(=O)O)[C@@](O)(C(=O)O)[C@@](C(=O)O)(O1)[C@H](OC(=O)CC)[C@H]2O)C(OC(C)=O)C(C)Cc1ccccc1. The highest BCUT2D eigenvalue weighted by atomic mass is 16.8. The molecule has 0 saturated carbocycles. The molecule has 1 aromatic carbocycles. The summed E-state index contributed by atoms with van der Waals surface area (Å²) in [6, 6.07) is 9.26. The summed E-state index contributed by atoms with van der Waals surface area (Å²) in [5, 5.41) is 52.3. The summed E-state index contributed by atoms with van der Waals surface area (Å²) in [5.74, 6) is -11.3. The molecule has 2 fully saturated rings. The summed E-state index contributed by atoms with van der Waals surface area (Å²) in [7, 11) is 0. The number of aliphatic hydroxyl groups excluding tert-OH is 1. The third-order valence-corrected chi connectivity index (χ3v) is 7.56. The van der Waals surface area contributed by atoms with E-state index in [4.69, 9.17) is 18.9 Å². The monoisotopic (exact) mass is 594 g/mol. The van der Waals surface area contributed by atoms with E-state index >= 15 is 0 Å². The fraction of sp³-hybridized carbons (Fsp3) is 0.536. The summed E-state index contributed by atoms with van der Waals surface area (Å²) < 4.78 is 21.5. The van der Waals surface area contributed by atoms with Gasteiger partial charge in [-0.2, -0.15) is 0 Å². The number of hydrogen-bond acceptors (Lipinski definition) is 11. The molecule has 5 N–H and O–H groups in total. The number of carbonyl (C=O) groups is 5. The lowest BCUT2D eigenvalue weighted by atomic mass is 9.74. The van der Waals surface area contributed by atoms with Crippen molar-refractivity contribution in [3.63, 3.8) is 0 Å². The fourth-order valence-corrected chi connectivity index (χ4v) is 5.52. The number of carbonyl (C=O) groups excluding carboxylic acids is 2. The average molecular weight is 595 g/mol. The van der Waals surface area contributed by atoms with Crippen LogP contribution in [0.4, 0.5) is 0 Å². The van der Waals surface area contributed by atoms with Gasteiger partial charge in [0.05, 0.1) is 0 Å². The van der Waals surface area contributed by atoms with Gasteiger partial charge in [-0.05, 0) is 24.0 Å². The fourth-order valence-electron chi connectivity index (χ4n) is 5.52. The topological polar surface area (TPSA) is 223 Å². The first-order valence-corrected chi connectivity index (χ1v) is 13.1. The molecule has 2 unspecified atom stereocenters. The van der Waals surface area contributed by atoms with E-state index in [1.54, 1.807) is 6.92 Å². The van der Waals surface area contributed by atoms with Gasteiger partial charge in [-0.25, -0.2) is 14.4 Å². The zero-order chi connectivity index (χ0) is 31.6. The zero-order valence-electron chi connectivity index (χ0n) is 23.2. The molecule has 2 aliphatic rings. The van der Waals surface area contributed by atoms with Crippen LogP contribution >= 0.6 is 0 Å². The van der Waals surface area contributed by atoms with Crippen LogP contribution in [0.5, 0.6) is 0 Å². The highest BCUT2D eigenvalue weighted by Crippen LogP contribution is 2.55. The molecule has 8 atom stereocenters. The second kappa shape index (κ2) is 12.2. The van der Waals surface area contributed by atoms with E-state index in [1.165, 1.54) is 13.8 Å². The van der Waals surface area contributed by atoms with Crippen LogP contribution in [0.3, 0.4) is 0 Å². The minimum absolute atomic E-state index is 0.226. The summed E-state index contributed by atoms with van der Waals surface area (Å²) in [6.07, 6.45) is -9.03. The maximum atomic E-state index is 12.6. The van der Waals surface area contributed by atoms with E-state index in [9.17, 15) is 49.5 Å². The van der Waals surface area contributed by atoms with Gasteiger partial charge in [-0.3, -0.25) is 9.59 Å². The second-order valence-corrected chi connectivity index (χ2v) is 10.4. The molecular formula is C28H34O14. The number of hydrogen-bond donors (Lipinski definition) is 5. The molecule has 0 radical (unpaired) electrons. The Labute approximate surface area is 240 Å². The number of fused-ring (bicyclic) bond motifs is 2. The van der Waals surface area contributed by atoms with Gasteiger partial charge in [0.15, 0.2) is 6.10 Å². The largest absolute Gasteiger partial charge is 0.479 e. The van der Waals surface area contributed by atoms with Crippen LogP contribution in [0, 0.1) is 5.92 Å². The Morgan fingerprint density at radius 2 is 1.69 bits per heavy atom. The Hall–Kier alpha value is -3.85. The van der Waals surface area contributed by atoms with Gasteiger partial charge in [-0.15, -0.1) is 0 Å². The molecule has 0 spiro atoms. The van der Waals surface area contributed by atoms with E-state index in [0.29, 0.717) is 6.42 Å². The minimum Gasteiger partial charge on any atom is -0.479 e. The normalized spacial score (nSPS) is 31.4. The van der Waals surface area contributed by atoms with E-state index in [-0.39, 0.29) is 24.3 Å². The molecule has 1 aromatic rings. The first kappa shape index (κ1) is 32.7. The summed E-state index contributed by atoms with van der Waals surface area (Å²) in [5.41, 5.74) is -6.17. The van der Waals surface area contributed by atoms with Crippen LogP contribution < -0.4 is 0 Å². The summed E-state index contributed by atoms with van der Waals surface area (Å²) in [4.78, 5) is 61.2. The van der Waals surface area contributed by atoms with Crippen molar-refractivity contribution in [2.45, 2.75) is 87.9 Å². The summed E-state index contributed by atoms with van der Waals surface area (Å²) in [6.45, 7) is 8.29. The Morgan fingerprint density at radius 3 is 2.19 bits per heavy atom. The Morgan fingerprint density at radius 1 is 1.07 bits per heavy atom. The molecule has 42 heavy (non-hydrogen) atoms. The van der Waals surface area contributed by atoms with Gasteiger partial charge in [0.1, 0.15) is 12.2 Å². The Kier molecular flexibility index (Phi) is 9.47. The number of carboxylic acids is 3. The van der Waals surface area contributed by atoms with Crippen LogP contribution in [-0.4, -0.2) is 96.8 Å². The predicted molar refractivity (Wildman–Crippen MR) is 139 cm³/mol. The number of benzene rings is 1. The second-order valence-electron chi connectivity index (χ2n) is 10.4. The van der Waals surface area contributed by atoms with Gasteiger partial charge in [0.25, 0.3) is 0 Å². The standard InChI is InChI=1S/C28H34O14/c1-5-18(30)40-21-20(31)26(41-22(23(32)33)27(38,24(34)35)28(21,42-26)25(36)37)12-11-14(2)19(39-16(4)29)15(3)13-17-9-7-6-8-10-17/h6-10,15,19-22,31,38H,2,5,11-13H2,1,3-4H3,(H,32,33)(H,34,35)(H,36,37)/t15?,19?,20-,21-,22-,26-,27-,28-/m1/s1. The average Bonchev–Trinajstić information content (AvgIpc) is 3.14. The van der Waals surface area contributed by atoms with E-state index in [0.717, 1.165) is 5.56 Å². The molecule has 14 heteroatoms. The Balaban J connectivity index is 2.02. The maximum absolute atomic E-state index is 12.6. The number of aliphatic hydroxyl groups is 2. The van der Waals surface area contributed by atoms with Crippen LogP contribution in [0.15, 0.2) is 42.5 Å². The quantitative estimate of drug-likeness (QED) is 0.156. The van der Waals surface area contributed by atoms with Crippen LogP contribution in [0.25, 0.3) is 0 Å². The van der Waals surface area contributed by atoms with E-state index < -0.39 is 77.7 Å². The molecule has 2 saturated heterocycles. The van der Waals surface area contributed by atoms with Crippen molar-refractivity contribution in [2.75, 3.05) is 0 Å². The predicted octanol–water partition coefficient (Wildman–Crippen LogP) is 0.665. The van der Waals surface area contributed by atoms with Crippen molar-refractivity contribution in [3.8, 4) is 0 Å². The molecule has 2 bridgehead atoms. The number of aliphatic carboxylic acids is 3. The molecule has 3 rings (SSSR count).